The monoisotopic (exact) mass is 1440 g/mol. The number of esters is 1. The SMILES string of the molecule is CCl.NCCO.O.O.O.O=C(C(=O)N1CCCCC1C(=O)O)C1CCCCC1.O=C(C(=O)N1CCCCC1C(=O)OCCNc1ccc([NH2+][O-])c2nonc12)C1CCCCC1.OOn1nnc2ccccc21.[O-][NH2+]c1ccc(Cl)c2nonc12.[O-][NH2+]c1ccc(NCCO)c2nonc12. The minimum absolute atomic E-state index is 0. The summed E-state index contributed by atoms with van der Waals surface area (Å²) in [6.45, 7) is 2.04. The molecule has 0 radical (unpaired) electrons. The number of hydrogen-bond donors (Lipinski definition) is 10. The molecule has 8 aromatic rings. The van der Waals surface area contributed by atoms with Gasteiger partial charge >= 0.3 is 11.9 Å². The summed E-state index contributed by atoms with van der Waals surface area (Å²) in [5.74, 6) is -3.74. The molecule has 4 aromatic carbocycles. The molecule has 2 saturated heterocycles. The quantitative estimate of drug-likeness (QED) is 0.0107. The summed E-state index contributed by atoms with van der Waals surface area (Å²) in [6.07, 6.45) is 14.8. The zero-order chi connectivity index (χ0) is 69.4. The van der Waals surface area contributed by atoms with Crippen LogP contribution in [0.25, 0.3) is 44.1 Å². The molecule has 38 nitrogen and oxygen atoms in total. The Bertz CT molecular complexity index is 3740. The predicted octanol–water partition coefficient (Wildman–Crippen LogP) is 0.542. The van der Waals surface area contributed by atoms with Crippen molar-refractivity contribution in [2.24, 2.45) is 17.6 Å². The number of ketones is 2. The van der Waals surface area contributed by atoms with Gasteiger partial charge in [0.15, 0.2) is 50.2 Å². The largest absolute Gasteiger partial charge is 0.630 e. The van der Waals surface area contributed by atoms with E-state index in [9.17, 15) is 44.4 Å². The van der Waals surface area contributed by atoms with Crippen molar-refractivity contribution in [1.82, 2.24) is 55.9 Å². The summed E-state index contributed by atoms with van der Waals surface area (Å²) in [7, 11) is 0. The minimum Gasteiger partial charge on any atom is -0.630 e. The highest BCUT2D eigenvalue weighted by molar-refractivity contribution is 6.38. The molecule has 6 heterocycles. The van der Waals surface area contributed by atoms with Crippen molar-refractivity contribution in [3.63, 3.8) is 0 Å². The van der Waals surface area contributed by atoms with Crippen molar-refractivity contribution in [1.29, 1.82) is 0 Å². The summed E-state index contributed by atoms with van der Waals surface area (Å²) in [6, 6.07) is 15.4. The number of amides is 2. The standard InChI is InChI=1S/C22H29N5O6.C14H21NO4.C8H10N4O3.C6H4ClN3O2.C6H5N3O2.C2H7NO.CH3Cl.3H2O/c28-20(14-6-2-1-3-7-14)21(29)27-12-5-4-8-17(27)22(30)32-13-11-23-15-9-10-16(24-31)19-18(15)25-33-26-19;16-12(10-6-2-1-3-7-10)13(17)15-9-5-4-8-11(15)14(18)19;13-4-3-9-5-1-2-6(10-14)8-7(5)11-15-12-8;7-3-1-2-4(8-11)6-5(3)9-12-10-6;10-11-9-6-4-2-1-3-5(6)7-8-9;3-1-2-4;1-2;;;/h9-10,14,17,23H,1-8,11-13,24H2;10-11H,1-9H2,(H,18,19);1-2,9,13H,3-4,10H2;1-2H,8H2;1-4,10H;4H,1-3H2;1H3;3*1H2. The number of quaternary nitrogens is 3. The number of hydrogen-bond acceptors (Lipinski definition) is 28. The van der Waals surface area contributed by atoms with Crippen LogP contribution in [0.4, 0.5) is 28.4 Å². The van der Waals surface area contributed by atoms with E-state index in [0.717, 1.165) is 94.7 Å². The van der Waals surface area contributed by atoms with Gasteiger partial charge < -0.3 is 94.7 Å². The molecule has 0 spiro atoms. The summed E-state index contributed by atoms with van der Waals surface area (Å²) in [5, 5.41) is 102. The predicted molar refractivity (Wildman–Crippen MR) is 355 cm³/mol. The molecule has 2 unspecified atom stereocenters. The van der Waals surface area contributed by atoms with Gasteiger partial charge in [-0.05, 0) is 136 Å². The number of fused-ring (bicyclic) bond motifs is 4. The molecule has 2 aliphatic heterocycles. The number of carboxylic acids is 1. The number of likely N-dealkylation sites (tertiary alicyclic amines) is 2. The Morgan fingerprint density at radius 3 is 1.47 bits per heavy atom. The zero-order valence-electron chi connectivity index (χ0n) is 54.0. The number of aliphatic hydroxyl groups is 2. The van der Waals surface area contributed by atoms with Crippen molar-refractivity contribution in [3.05, 3.63) is 81.3 Å². The number of aliphatic hydroxyl groups excluding tert-OH is 2. The first kappa shape index (κ1) is 84.4. The summed E-state index contributed by atoms with van der Waals surface area (Å²) in [5.41, 5.74) is 13.2. The Balaban J connectivity index is 0.000000332. The first-order chi connectivity index (χ1) is 46.7. The van der Waals surface area contributed by atoms with Crippen molar-refractivity contribution in [3.8, 4) is 0 Å². The number of aromatic nitrogens is 9. The number of anilines is 2. The fourth-order valence-corrected chi connectivity index (χ4v) is 11.1. The number of alkyl halides is 1. The normalized spacial score (nSPS) is 15.7. The number of ether oxygens (including phenoxy) is 1. The molecule has 546 valence electrons. The highest BCUT2D eigenvalue weighted by Gasteiger charge is 2.40. The number of nitrogens with one attached hydrogen (secondary N) is 2. The van der Waals surface area contributed by atoms with E-state index in [-0.39, 0.29) is 66.2 Å². The third kappa shape index (κ3) is 23.4. The van der Waals surface area contributed by atoms with Crippen LogP contribution in [0.15, 0.2) is 74.6 Å². The molecule has 12 rings (SSSR count). The maximum Gasteiger partial charge on any atom is 0.328 e. The van der Waals surface area contributed by atoms with Crippen molar-refractivity contribution < 1.29 is 106 Å². The van der Waals surface area contributed by atoms with E-state index >= 15 is 0 Å². The lowest BCUT2D eigenvalue weighted by Gasteiger charge is -2.34. The van der Waals surface area contributed by atoms with Gasteiger partial charge in [-0.3, -0.25) is 19.2 Å². The maximum atomic E-state index is 12.9. The topological polar surface area (TPSA) is 619 Å². The average molecular weight is 1440 g/mol. The van der Waals surface area contributed by atoms with Gasteiger partial charge in [0.2, 0.25) is 11.6 Å². The third-order valence-electron chi connectivity index (χ3n) is 15.7. The van der Waals surface area contributed by atoms with Crippen LogP contribution in [0.3, 0.4) is 0 Å². The molecular formula is C59H85Cl2N17O21. The van der Waals surface area contributed by atoms with Crippen LogP contribution < -0.4 is 37.8 Å². The van der Waals surface area contributed by atoms with Crippen LogP contribution in [0.1, 0.15) is 103 Å². The van der Waals surface area contributed by atoms with E-state index in [1.165, 1.54) is 16.2 Å². The Kier molecular flexibility index (Phi) is 38.3. The molecule has 4 aromatic heterocycles. The van der Waals surface area contributed by atoms with Crippen LogP contribution in [0, 0.1) is 27.5 Å². The number of carbonyl (C=O) groups excluding carboxylic acids is 5. The van der Waals surface area contributed by atoms with Gasteiger partial charge in [0, 0.05) is 69.1 Å². The molecule has 2 aliphatic carbocycles. The van der Waals surface area contributed by atoms with Gasteiger partial charge in [-0.2, -0.15) is 5.26 Å². The molecular weight excluding hydrogens is 1350 g/mol. The molecule has 20 N–H and O–H groups in total. The second-order valence-electron chi connectivity index (χ2n) is 21.8. The van der Waals surface area contributed by atoms with Crippen LogP contribution in [0.5, 0.6) is 0 Å². The average Bonchev–Trinajstić information content (AvgIpc) is 1.83. The van der Waals surface area contributed by atoms with Crippen molar-refractivity contribution in [2.75, 3.05) is 69.6 Å². The first-order valence-corrected chi connectivity index (χ1v) is 32.1. The number of carboxylic acid groups (broad SMARTS) is 1. The van der Waals surface area contributed by atoms with Gasteiger partial charge in [0.25, 0.3) is 11.8 Å². The smallest absolute Gasteiger partial charge is 0.328 e. The summed E-state index contributed by atoms with van der Waals surface area (Å²) >= 11 is 10.4. The van der Waals surface area contributed by atoms with E-state index in [2.05, 4.69) is 77.7 Å². The number of nitrogens with zero attached hydrogens (tertiary/aromatic N) is 11. The molecule has 2 saturated carbocycles. The first-order valence-electron chi connectivity index (χ1n) is 31.0. The lowest BCUT2D eigenvalue weighted by atomic mass is 9.85. The number of benzene rings is 4. The summed E-state index contributed by atoms with van der Waals surface area (Å²) < 4.78 is 19.2. The van der Waals surface area contributed by atoms with Crippen LogP contribution in [-0.2, 0) is 33.5 Å². The lowest BCUT2D eigenvalue weighted by molar-refractivity contribution is -0.495. The number of piperidine rings is 2. The number of Topliss-reactive ketones (excluding diaryl/α,β-unsaturated/α-hetero) is 2. The van der Waals surface area contributed by atoms with Gasteiger partial charge in [-0.1, -0.05) is 62.3 Å². The fourth-order valence-electron chi connectivity index (χ4n) is 10.9. The lowest BCUT2D eigenvalue weighted by Crippen LogP contribution is -2.70. The Morgan fingerprint density at radius 2 is 1.01 bits per heavy atom. The summed E-state index contributed by atoms with van der Waals surface area (Å²) in [4.78, 5) is 81.5. The number of aliphatic carboxylic acids is 1. The Hall–Kier alpha value is -8.84. The molecule has 99 heavy (non-hydrogen) atoms. The van der Waals surface area contributed by atoms with E-state index in [1.807, 2.05) is 6.07 Å². The van der Waals surface area contributed by atoms with E-state index in [0.29, 0.717) is 133 Å². The van der Waals surface area contributed by atoms with E-state index < -0.39 is 35.8 Å². The second-order valence-corrected chi connectivity index (χ2v) is 22.2. The Labute approximate surface area is 573 Å². The minimum atomic E-state index is -0.996. The molecule has 4 aliphatic rings. The molecule has 40 heteroatoms. The van der Waals surface area contributed by atoms with Gasteiger partial charge in [-0.15, -0.1) is 16.7 Å². The molecule has 2 amide bonds. The van der Waals surface area contributed by atoms with Crippen LogP contribution in [0.2, 0.25) is 5.02 Å². The fraction of sp³-hybridized carbons (Fsp3) is 0.492. The molecule has 0 bridgehead atoms. The number of carbonyl (C=O) groups is 6. The molecule has 4 fully saturated rings. The number of nitrogens with two attached hydrogens (primary N) is 4. The van der Waals surface area contributed by atoms with Gasteiger partial charge in [0.05, 0.1) is 29.6 Å². The Morgan fingerprint density at radius 1 is 0.586 bits per heavy atom. The van der Waals surface area contributed by atoms with Crippen LogP contribution in [-0.4, -0.2) is 199 Å². The molecule has 2 atom stereocenters. The number of halogens is 2. The van der Waals surface area contributed by atoms with Crippen molar-refractivity contribution >= 4 is 131 Å². The number of para-hydroxylation sites is 1. The highest BCUT2D eigenvalue weighted by atomic mass is 35.5. The maximum absolute atomic E-state index is 12.9. The zero-order valence-corrected chi connectivity index (χ0v) is 55.6. The highest BCUT2D eigenvalue weighted by Crippen LogP contribution is 2.30. The third-order valence-corrected chi connectivity index (χ3v) is 16.1. The van der Waals surface area contributed by atoms with E-state index in [1.54, 1.807) is 54.6 Å². The van der Waals surface area contributed by atoms with Gasteiger partial charge in [-0.25, -0.2) is 28.5 Å². The van der Waals surface area contributed by atoms with Gasteiger partial charge in [0.1, 0.15) is 29.7 Å². The van der Waals surface area contributed by atoms with Crippen LogP contribution >= 0.6 is 23.2 Å². The van der Waals surface area contributed by atoms with E-state index in [4.69, 9.17) is 47.3 Å². The number of rotatable bonds is 18. The van der Waals surface area contributed by atoms with Crippen molar-refractivity contribution in [2.45, 2.75) is 115 Å². The second kappa shape index (κ2) is 45.0.